The fourth-order valence-corrected chi connectivity index (χ4v) is 6.49. The number of rotatable bonds is 16. The molecule has 2 amide bonds. The van der Waals surface area contributed by atoms with E-state index in [0.717, 1.165) is 55.0 Å². The summed E-state index contributed by atoms with van der Waals surface area (Å²) in [6.07, 6.45) is 7.15. The molecule has 0 aliphatic carbocycles. The van der Waals surface area contributed by atoms with Crippen LogP contribution in [0.4, 0.5) is 0 Å². The third-order valence-corrected chi connectivity index (χ3v) is 9.09. The van der Waals surface area contributed by atoms with E-state index in [0.29, 0.717) is 25.3 Å². The van der Waals surface area contributed by atoms with E-state index in [9.17, 15) is 9.59 Å². The van der Waals surface area contributed by atoms with Crippen LogP contribution in [0.25, 0.3) is 0 Å². The van der Waals surface area contributed by atoms with E-state index in [4.69, 9.17) is 0 Å². The van der Waals surface area contributed by atoms with E-state index in [-0.39, 0.29) is 11.8 Å². The van der Waals surface area contributed by atoms with Crippen molar-refractivity contribution in [2.75, 3.05) is 32.7 Å². The summed E-state index contributed by atoms with van der Waals surface area (Å²) in [5.41, 5.74) is 2.72. The van der Waals surface area contributed by atoms with Crippen LogP contribution in [0.3, 0.4) is 0 Å². The summed E-state index contributed by atoms with van der Waals surface area (Å²) < 4.78 is 0. The van der Waals surface area contributed by atoms with E-state index in [1.54, 1.807) is 0 Å². The largest absolute Gasteiger partial charge is 0.356 e. The van der Waals surface area contributed by atoms with Crippen LogP contribution in [0.15, 0.2) is 91.0 Å². The fraction of sp³-hybridized carbons (Fsp3) is 0.474. The highest BCUT2D eigenvalue weighted by Gasteiger charge is 2.38. The minimum atomic E-state index is -0.588. The first-order valence-electron chi connectivity index (χ1n) is 16.4. The maximum absolute atomic E-state index is 13.5. The Morgan fingerprint density at radius 2 is 1.40 bits per heavy atom. The Balaban J connectivity index is 1.23. The molecule has 0 radical (unpaired) electrons. The second-order valence-electron chi connectivity index (χ2n) is 12.4. The molecule has 43 heavy (non-hydrogen) atoms. The Labute approximate surface area is 259 Å². The average Bonchev–Trinajstić information content (AvgIpc) is 3.05. The van der Waals surface area contributed by atoms with Gasteiger partial charge in [-0.15, -0.1) is 0 Å². The summed E-state index contributed by atoms with van der Waals surface area (Å²) >= 11 is 0. The molecule has 1 fully saturated rings. The van der Waals surface area contributed by atoms with Gasteiger partial charge in [-0.25, -0.2) is 0 Å². The molecule has 4 rings (SSSR count). The van der Waals surface area contributed by atoms with Crippen molar-refractivity contribution in [2.45, 2.75) is 70.6 Å². The number of benzene rings is 3. The molecule has 1 aliphatic rings. The van der Waals surface area contributed by atoms with Crippen molar-refractivity contribution in [1.82, 2.24) is 15.5 Å². The van der Waals surface area contributed by atoms with Gasteiger partial charge in [-0.05, 0) is 60.8 Å². The summed E-state index contributed by atoms with van der Waals surface area (Å²) in [5, 5.41) is 6.37. The van der Waals surface area contributed by atoms with Gasteiger partial charge in [-0.2, -0.15) is 0 Å². The number of carbonyl (C=O) groups is 2. The molecule has 2 N–H and O–H groups in total. The van der Waals surface area contributed by atoms with Crippen LogP contribution >= 0.6 is 0 Å². The molecular formula is C38H51N3O2. The van der Waals surface area contributed by atoms with Gasteiger partial charge in [0.2, 0.25) is 11.8 Å². The summed E-state index contributed by atoms with van der Waals surface area (Å²) in [6, 6.07) is 31.0. The number of carbonyl (C=O) groups excluding carboxylic acids is 2. The predicted octanol–water partition coefficient (Wildman–Crippen LogP) is 6.96. The normalized spacial score (nSPS) is 16.4. The number of nitrogens with zero attached hydrogens (tertiary/aromatic N) is 1. The van der Waals surface area contributed by atoms with Crippen LogP contribution in [0.2, 0.25) is 0 Å². The van der Waals surface area contributed by atoms with Crippen LogP contribution in [-0.4, -0.2) is 49.4 Å². The van der Waals surface area contributed by atoms with Crippen molar-refractivity contribution in [1.29, 1.82) is 0 Å². The zero-order valence-corrected chi connectivity index (χ0v) is 26.3. The zero-order valence-electron chi connectivity index (χ0n) is 26.3. The molecule has 2 atom stereocenters. The van der Waals surface area contributed by atoms with Gasteiger partial charge in [-0.3, -0.25) is 9.59 Å². The number of unbranched alkanes of at least 4 members (excludes halogenated alkanes) is 2. The number of likely N-dealkylation sites (tertiary alicyclic amines) is 1. The van der Waals surface area contributed by atoms with Gasteiger partial charge in [0, 0.05) is 39.0 Å². The summed E-state index contributed by atoms with van der Waals surface area (Å²) in [5.74, 6) is 1.48. The van der Waals surface area contributed by atoms with E-state index < -0.39 is 5.41 Å². The van der Waals surface area contributed by atoms with Crippen molar-refractivity contribution >= 4 is 11.8 Å². The average molecular weight is 582 g/mol. The second kappa shape index (κ2) is 17.0. The Hall–Kier alpha value is -3.44. The maximum Gasteiger partial charge on any atom is 0.221 e. The molecule has 0 spiro atoms. The molecule has 1 saturated heterocycles. The smallest absolute Gasteiger partial charge is 0.221 e. The Morgan fingerprint density at radius 1 is 0.814 bits per heavy atom. The third-order valence-electron chi connectivity index (χ3n) is 9.09. The standard InChI is InChI=1S/C38H51N3O2/c1-3-31(2)29-41-26-16-17-32(30-41)28-40-36(42)24-14-7-15-25-39-37(43)27-38(33-18-8-4-9-19-33,34-20-10-5-11-21-34)35-22-12-6-13-23-35/h4-6,8-13,18-23,31-32H,3,7,14-17,24-30H2,1-2H3,(H,39,43)(H,40,42)/t31-,32-/m0/s1. The minimum Gasteiger partial charge on any atom is -0.356 e. The molecule has 5 heteroatoms. The van der Waals surface area contributed by atoms with Crippen LogP contribution in [0, 0.1) is 11.8 Å². The molecule has 1 heterocycles. The first-order chi connectivity index (χ1) is 21.0. The molecular weight excluding hydrogens is 530 g/mol. The molecule has 3 aromatic rings. The van der Waals surface area contributed by atoms with E-state index >= 15 is 0 Å². The molecule has 0 bridgehead atoms. The first-order valence-corrected chi connectivity index (χ1v) is 16.4. The number of piperidine rings is 1. The SMILES string of the molecule is CC[C@H](C)CN1CCC[C@@H](CNC(=O)CCCCCNC(=O)CC(c2ccccc2)(c2ccccc2)c2ccccc2)C1. The molecule has 0 aromatic heterocycles. The molecule has 0 saturated carbocycles. The lowest BCUT2D eigenvalue weighted by Gasteiger charge is -2.35. The van der Waals surface area contributed by atoms with Crippen molar-refractivity contribution in [3.05, 3.63) is 108 Å². The monoisotopic (exact) mass is 581 g/mol. The number of hydrogen-bond acceptors (Lipinski definition) is 3. The summed E-state index contributed by atoms with van der Waals surface area (Å²) in [4.78, 5) is 28.6. The molecule has 230 valence electrons. The number of hydrogen-bond donors (Lipinski definition) is 2. The third kappa shape index (κ3) is 9.53. The molecule has 1 aliphatic heterocycles. The Bertz CT molecular complexity index is 1140. The second-order valence-corrected chi connectivity index (χ2v) is 12.4. The van der Waals surface area contributed by atoms with Gasteiger partial charge in [0.25, 0.3) is 0 Å². The molecule has 0 unspecified atom stereocenters. The number of nitrogens with one attached hydrogen (secondary N) is 2. The lowest BCUT2D eigenvalue weighted by molar-refractivity contribution is -0.122. The van der Waals surface area contributed by atoms with Crippen LogP contribution in [0.1, 0.15) is 81.9 Å². The minimum absolute atomic E-state index is 0.0316. The van der Waals surface area contributed by atoms with E-state index in [1.165, 1.54) is 32.4 Å². The highest BCUT2D eigenvalue weighted by molar-refractivity contribution is 5.80. The van der Waals surface area contributed by atoms with E-state index in [2.05, 4.69) is 65.8 Å². The van der Waals surface area contributed by atoms with Gasteiger partial charge in [0.1, 0.15) is 0 Å². The van der Waals surface area contributed by atoms with Gasteiger partial charge in [0.05, 0.1) is 5.41 Å². The summed E-state index contributed by atoms with van der Waals surface area (Å²) in [7, 11) is 0. The predicted molar refractivity (Wildman–Crippen MR) is 177 cm³/mol. The van der Waals surface area contributed by atoms with Crippen LogP contribution in [-0.2, 0) is 15.0 Å². The summed E-state index contributed by atoms with van der Waals surface area (Å²) in [6.45, 7) is 9.45. The van der Waals surface area contributed by atoms with Crippen molar-refractivity contribution in [3.63, 3.8) is 0 Å². The van der Waals surface area contributed by atoms with Gasteiger partial charge in [0.15, 0.2) is 0 Å². The Kier molecular flexibility index (Phi) is 12.8. The van der Waals surface area contributed by atoms with Crippen molar-refractivity contribution in [3.8, 4) is 0 Å². The van der Waals surface area contributed by atoms with Gasteiger partial charge in [-0.1, -0.05) is 118 Å². The molecule has 5 nitrogen and oxygen atoms in total. The highest BCUT2D eigenvalue weighted by Crippen LogP contribution is 2.42. The van der Waals surface area contributed by atoms with Gasteiger partial charge >= 0.3 is 0 Å². The maximum atomic E-state index is 13.5. The lowest BCUT2D eigenvalue weighted by atomic mass is 9.67. The van der Waals surface area contributed by atoms with E-state index in [1.807, 2.05) is 54.6 Å². The fourth-order valence-electron chi connectivity index (χ4n) is 6.49. The quantitative estimate of drug-likeness (QED) is 0.142. The van der Waals surface area contributed by atoms with Crippen molar-refractivity contribution in [2.24, 2.45) is 11.8 Å². The zero-order chi connectivity index (χ0) is 30.3. The van der Waals surface area contributed by atoms with Crippen LogP contribution < -0.4 is 10.6 Å². The highest BCUT2D eigenvalue weighted by atomic mass is 16.2. The van der Waals surface area contributed by atoms with Crippen LogP contribution in [0.5, 0.6) is 0 Å². The lowest BCUT2D eigenvalue weighted by Crippen LogP contribution is -2.42. The first kappa shape index (κ1) is 32.5. The van der Waals surface area contributed by atoms with Crippen molar-refractivity contribution < 1.29 is 9.59 Å². The topological polar surface area (TPSA) is 61.4 Å². The molecule has 3 aromatic carbocycles. The van der Waals surface area contributed by atoms with Gasteiger partial charge < -0.3 is 15.5 Å². The number of amides is 2. The Morgan fingerprint density at radius 3 is 1.95 bits per heavy atom.